The van der Waals surface area contributed by atoms with Crippen LogP contribution in [0.15, 0.2) is 30.3 Å². The summed E-state index contributed by atoms with van der Waals surface area (Å²) >= 11 is 0. The number of hydrogen-bond donors (Lipinski definition) is 2. The van der Waals surface area contributed by atoms with Crippen LogP contribution in [0.1, 0.15) is 18.4 Å². The summed E-state index contributed by atoms with van der Waals surface area (Å²) in [6.45, 7) is 0.538. The van der Waals surface area contributed by atoms with Crippen LogP contribution >= 0.6 is 11.0 Å². The second-order valence-corrected chi connectivity index (χ2v) is 8.55. The lowest BCUT2D eigenvalue weighted by Crippen LogP contribution is -2.32. The van der Waals surface area contributed by atoms with Gasteiger partial charge in [-0.25, -0.2) is 8.78 Å². The number of benzene rings is 2. The van der Waals surface area contributed by atoms with Gasteiger partial charge >= 0.3 is 0 Å². The first-order valence-electron chi connectivity index (χ1n) is 8.17. The first-order chi connectivity index (χ1) is 12.3. The molecule has 2 aliphatic rings. The molecule has 0 aromatic heterocycles. The van der Waals surface area contributed by atoms with E-state index < -0.39 is 22.6 Å². The van der Waals surface area contributed by atoms with Crippen molar-refractivity contribution in [2.75, 3.05) is 22.2 Å². The minimum Gasteiger partial charge on any atom is -0.264 e. The van der Waals surface area contributed by atoms with E-state index >= 15 is 0 Å². The van der Waals surface area contributed by atoms with Crippen molar-refractivity contribution in [2.45, 2.75) is 12.8 Å². The van der Waals surface area contributed by atoms with E-state index in [2.05, 4.69) is 0 Å². The van der Waals surface area contributed by atoms with Crippen molar-refractivity contribution in [3.8, 4) is 17.2 Å². The Morgan fingerprint density at radius 1 is 1.15 bits per heavy atom. The lowest BCUT2D eigenvalue weighted by Gasteiger charge is -2.42. The predicted octanol–water partition coefficient (Wildman–Crippen LogP) is 4.75. The van der Waals surface area contributed by atoms with Gasteiger partial charge in [-0.3, -0.25) is 17.7 Å². The molecule has 0 atom stereocenters. The zero-order valence-electron chi connectivity index (χ0n) is 14.0. The molecule has 1 aliphatic carbocycles. The summed E-state index contributed by atoms with van der Waals surface area (Å²) in [6.07, 6.45) is 2.12. The van der Waals surface area contributed by atoms with Gasteiger partial charge in [-0.2, -0.15) is 5.26 Å². The average molecular weight is 377 g/mol. The van der Waals surface area contributed by atoms with Gasteiger partial charge in [0.25, 0.3) is 0 Å². The van der Waals surface area contributed by atoms with Crippen molar-refractivity contribution in [1.29, 1.82) is 5.26 Å². The Labute approximate surface area is 151 Å². The largest absolute Gasteiger partial charge is 0.264 e. The van der Waals surface area contributed by atoms with Gasteiger partial charge in [0.1, 0.15) is 17.7 Å². The van der Waals surface area contributed by atoms with Gasteiger partial charge in [-0.15, -0.1) is 0 Å². The Kier molecular flexibility index (Phi) is 3.84. The van der Waals surface area contributed by atoms with Crippen LogP contribution < -0.4 is 8.61 Å². The molecule has 0 amide bonds. The van der Waals surface area contributed by atoms with E-state index in [0.29, 0.717) is 29.4 Å². The van der Waals surface area contributed by atoms with E-state index in [9.17, 15) is 23.1 Å². The SMILES string of the molecule is CN1c2cc(-c3c(F)ccc(F)c3C#N)ccc2N(CC2CC2)S1(O)O. The highest BCUT2D eigenvalue weighted by Gasteiger charge is 2.41. The molecule has 0 saturated heterocycles. The fraction of sp³-hybridized carbons (Fsp3) is 0.278. The van der Waals surface area contributed by atoms with Gasteiger partial charge in [0.05, 0.1) is 16.9 Å². The molecule has 2 aromatic carbocycles. The standard InChI is InChI=1S/C18H17F2N3O2S/c1-22-17-8-12(18-13(9-21)14(19)5-6-15(18)20)4-7-16(17)23(26(22,24)25)10-11-2-3-11/h4-8,11,24-25H,2-3,10H2,1H3. The molecule has 0 unspecified atom stereocenters. The quantitative estimate of drug-likeness (QED) is 0.808. The number of hydrogen-bond acceptors (Lipinski definition) is 5. The maximum Gasteiger partial charge on any atom is 0.141 e. The summed E-state index contributed by atoms with van der Waals surface area (Å²) < 4.78 is 52.4. The van der Waals surface area contributed by atoms with E-state index in [0.717, 1.165) is 25.0 Å². The minimum absolute atomic E-state index is 0.124. The second-order valence-electron chi connectivity index (χ2n) is 6.59. The Balaban J connectivity index is 1.84. The van der Waals surface area contributed by atoms with Crippen LogP contribution in [0.3, 0.4) is 0 Å². The summed E-state index contributed by atoms with van der Waals surface area (Å²) in [4.78, 5) is 0. The topological polar surface area (TPSA) is 70.7 Å². The Hall–Kier alpha value is -2.34. The first-order valence-corrected chi connectivity index (χ1v) is 9.63. The molecule has 8 heteroatoms. The molecule has 26 heavy (non-hydrogen) atoms. The third-order valence-electron chi connectivity index (χ3n) is 4.87. The van der Waals surface area contributed by atoms with Crippen molar-refractivity contribution in [3.05, 3.63) is 47.5 Å². The monoisotopic (exact) mass is 377 g/mol. The molecule has 0 radical (unpaired) electrons. The third kappa shape index (κ3) is 2.51. The number of anilines is 2. The van der Waals surface area contributed by atoms with Crippen molar-refractivity contribution in [1.82, 2.24) is 0 Å². The van der Waals surface area contributed by atoms with Crippen LogP contribution in [0, 0.1) is 28.9 Å². The highest BCUT2D eigenvalue weighted by Crippen LogP contribution is 2.61. The van der Waals surface area contributed by atoms with Gasteiger partial charge in [-0.05, 0) is 59.6 Å². The van der Waals surface area contributed by atoms with E-state index in [-0.39, 0.29) is 11.1 Å². The van der Waals surface area contributed by atoms with Crippen molar-refractivity contribution in [3.63, 3.8) is 0 Å². The van der Waals surface area contributed by atoms with E-state index in [4.69, 9.17) is 0 Å². The fourth-order valence-electron chi connectivity index (χ4n) is 3.23. The van der Waals surface area contributed by atoms with Crippen molar-refractivity contribution < 1.29 is 17.9 Å². The Morgan fingerprint density at radius 3 is 2.50 bits per heavy atom. The van der Waals surface area contributed by atoms with Gasteiger partial charge in [0, 0.05) is 19.2 Å². The predicted molar refractivity (Wildman–Crippen MR) is 97.8 cm³/mol. The summed E-state index contributed by atoms with van der Waals surface area (Å²) in [7, 11) is -1.63. The maximum atomic E-state index is 14.3. The van der Waals surface area contributed by atoms with Crippen molar-refractivity contribution >= 4 is 22.3 Å². The summed E-state index contributed by atoms with van der Waals surface area (Å²) in [5.41, 5.74) is 0.967. The number of nitrogens with zero attached hydrogens (tertiary/aromatic N) is 3. The molecule has 0 spiro atoms. The van der Waals surface area contributed by atoms with E-state index in [1.807, 2.05) is 0 Å². The maximum absolute atomic E-state index is 14.3. The normalized spacial score (nSPS) is 19.2. The molecule has 0 bridgehead atoms. The third-order valence-corrected chi connectivity index (χ3v) is 6.74. The molecule has 5 nitrogen and oxygen atoms in total. The van der Waals surface area contributed by atoms with Gasteiger partial charge in [-0.1, -0.05) is 6.07 Å². The zero-order valence-corrected chi connectivity index (χ0v) is 14.8. The highest BCUT2D eigenvalue weighted by atomic mass is 32.3. The number of fused-ring (bicyclic) bond motifs is 1. The van der Waals surface area contributed by atoms with Crippen LogP contribution in [0.4, 0.5) is 20.2 Å². The fourth-order valence-corrected chi connectivity index (χ4v) is 4.77. The summed E-state index contributed by atoms with van der Waals surface area (Å²) in [6, 6.07) is 8.42. The van der Waals surface area contributed by atoms with Crippen molar-refractivity contribution in [2.24, 2.45) is 5.92 Å². The summed E-state index contributed by atoms with van der Waals surface area (Å²) in [5.74, 6) is -1.06. The van der Waals surface area contributed by atoms with Gasteiger partial charge in [0.2, 0.25) is 0 Å². The molecular weight excluding hydrogens is 360 g/mol. The summed E-state index contributed by atoms with van der Waals surface area (Å²) in [5, 5.41) is 9.21. The molecule has 1 fully saturated rings. The zero-order chi connectivity index (χ0) is 18.6. The van der Waals surface area contributed by atoms with Crippen LogP contribution in [0.5, 0.6) is 0 Å². The Morgan fingerprint density at radius 2 is 1.85 bits per heavy atom. The molecule has 1 heterocycles. The molecule has 2 N–H and O–H groups in total. The van der Waals surface area contributed by atoms with Gasteiger partial charge in [0.15, 0.2) is 0 Å². The lowest BCUT2D eigenvalue weighted by molar-refractivity contribution is 0.481. The Bertz CT molecular complexity index is 941. The van der Waals surface area contributed by atoms with Crippen LogP contribution in [-0.2, 0) is 0 Å². The van der Waals surface area contributed by atoms with E-state index in [1.54, 1.807) is 35.6 Å². The average Bonchev–Trinajstić information content (AvgIpc) is 3.41. The number of nitriles is 1. The first kappa shape index (κ1) is 17.1. The van der Waals surface area contributed by atoms with Crippen LogP contribution in [0.25, 0.3) is 11.1 Å². The molecule has 1 saturated carbocycles. The number of halogens is 2. The number of rotatable bonds is 3. The lowest BCUT2D eigenvalue weighted by atomic mass is 9.98. The highest BCUT2D eigenvalue weighted by molar-refractivity contribution is 8.26. The molecule has 1 aliphatic heterocycles. The van der Waals surface area contributed by atoms with E-state index in [1.165, 1.54) is 4.31 Å². The smallest absolute Gasteiger partial charge is 0.141 e. The second kappa shape index (κ2) is 5.84. The van der Waals surface area contributed by atoms with Crippen LogP contribution in [0.2, 0.25) is 0 Å². The molecular formula is C18H17F2N3O2S. The molecule has 2 aromatic rings. The minimum atomic E-state index is -3.18. The molecule has 4 rings (SSSR count). The molecule has 136 valence electrons. The van der Waals surface area contributed by atoms with Gasteiger partial charge < -0.3 is 0 Å². The van der Waals surface area contributed by atoms with Crippen LogP contribution in [-0.4, -0.2) is 22.7 Å².